The molecule has 0 bridgehead atoms. The van der Waals surface area contributed by atoms with Crippen LogP contribution in [0.25, 0.3) is 17.0 Å². The largest absolute Gasteiger partial charge is 0.458 e. The van der Waals surface area contributed by atoms with Crippen molar-refractivity contribution in [3.05, 3.63) is 167 Å². The molecule has 5 aromatic rings. The van der Waals surface area contributed by atoms with Gasteiger partial charge < -0.3 is 13.9 Å². The quantitative estimate of drug-likeness (QED) is 0.103. The Morgan fingerprint density at radius 1 is 0.886 bits per heavy atom. The van der Waals surface area contributed by atoms with E-state index in [1.807, 2.05) is 12.1 Å². The molecule has 0 amide bonds. The first-order valence-electron chi connectivity index (χ1n) is 15.2. The Hall–Kier alpha value is -5.09. The summed E-state index contributed by atoms with van der Waals surface area (Å²) in [4.78, 5) is 12.4. The monoisotopic (exact) mass is 576 g/mol. The number of fused-ring (bicyclic) bond motifs is 6. The summed E-state index contributed by atoms with van der Waals surface area (Å²) in [5.41, 5.74) is 12.5. The fourth-order valence-electron chi connectivity index (χ4n) is 7.49. The first kappa shape index (κ1) is 27.7. The highest BCUT2D eigenvalue weighted by Crippen LogP contribution is 2.55. The van der Waals surface area contributed by atoms with Crippen LogP contribution in [0.5, 0.6) is 5.75 Å². The number of nitrogens with zero attached hydrogens (tertiary/aromatic N) is 2. The van der Waals surface area contributed by atoms with Gasteiger partial charge >= 0.3 is 0 Å². The van der Waals surface area contributed by atoms with Crippen molar-refractivity contribution in [2.24, 2.45) is 14.1 Å². The molecule has 2 aliphatic carbocycles. The standard InChI is InChI=1S/C40H36N2O2/c1-6-25(3)44-30-17-13-16-28(24-30)36-38-32-19-9-11-21-34(32)41(4)39(38)35(27-15-12-14-26(22-27)23-29(43)7-2)37-31-18-8-10-20-33(31)42(5)40(36)37/h6-9,11-19,21-22,24,35-36H,1-3,10,20,23H2,4-5H3. The smallest absolute Gasteiger partial charge is 0.159 e. The number of para-hydroxylation sites is 1. The maximum Gasteiger partial charge on any atom is 0.159 e. The first-order valence-corrected chi connectivity index (χ1v) is 15.2. The van der Waals surface area contributed by atoms with Gasteiger partial charge in [0.15, 0.2) is 5.78 Å². The Labute approximate surface area is 258 Å². The van der Waals surface area contributed by atoms with Crippen LogP contribution in [0.4, 0.5) is 0 Å². The summed E-state index contributed by atoms with van der Waals surface area (Å²) in [5.74, 6) is 1.27. The highest BCUT2D eigenvalue weighted by Gasteiger charge is 2.42. The van der Waals surface area contributed by atoms with Crippen molar-refractivity contribution in [2.75, 3.05) is 0 Å². The van der Waals surface area contributed by atoms with Crippen molar-refractivity contribution < 1.29 is 9.53 Å². The Morgan fingerprint density at radius 3 is 2.41 bits per heavy atom. The number of hydrogen-bond donors (Lipinski definition) is 0. The molecule has 218 valence electrons. The van der Waals surface area contributed by atoms with Crippen LogP contribution in [0, 0.1) is 0 Å². The second-order valence-corrected chi connectivity index (χ2v) is 11.8. The van der Waals surface area contributed by atoms with E-state index in [-0.39, 0.29) is 17.6 Å². The normalized spacial score (nSPS) is 16.6. The molecular weight excluding hydrogens is 540 g/mol. The summed E-state index contributed by atoms with van der Waals surface area (Å²) in [6.07, 6.45) is 10.1. The third-order valence-electron chi connectivity index (χ3n) is 9.35. The van der Waals surface area contributed by atoms with Gasteiger partial charge in [-0.05, 0) is 76.6 Å². The topological polar surface area (TPSA) is 36.2 Å². The highest BCUT2D eigenvalue weighted by molar-refractivity contribution is 5.91. The summed E-state index contributed by atoms with van der Waals surface area (Å²) in [6.45, 7) is 11.5. The van der Waals surface area contributed by atoms with Crippen LogP contribution in [0.1, 0.15) is 68.7 Å². The summed E-state index contributed by atoms with van der Waals surface area (Å²) in [6, 6.07) is 25.7. The molecule has 7 rings (SSSR count). The van der Waals surface area contributed by atoms with E-state index in [0.29, 0.717) is 12.2 Å². The van der Waals surface area contributed by atoms with Gasteiger partial charge in [-0.3, -0.25) is 4.79 Å². The molecule has 0 fully saturated rings. The summed E-state index contributed by atoms with van der Waals surface area (Å²) in [5, 5.41) is 1.25. The van der Waals surface area contributed by atoms with Crippen molar-refractivity contribution in [3.63, 3.8) is 0 Å². The van der Waals surface area contributed by atoms with Crippen LogP contribution in [0.3, 0.4) is 0 Å². The van der Waals surface area contributed by atoms with Crippen molar-refractivity contribution in [2.45, 2.75) is 31.1 Å². The SMILES string of the molecule is C=CC(=C)Oc1cccc(C2c3c(n(C)c4ccccc34)C(c3cccc(CC(=O)C=C)c3)c3c4c(n(C)c32)CCC=C4)c1. The number of carbonyl (C=O) groups is 1. The molecule has 2 unspecified atom stereocenters. The lowest BCUT2D eigenvalue weighted by molar-refractivity contribution is -0.114. The number of aromatic nitrogens is 2. The van der Waals surface area contributed by atoms with Gasteiger partial charge in [0.1, 0.15) is 11.5 Å². The Morgan fingerprint density at radius 2 is 1.61 bits per heavy atom. The number of carbonyl (C=O) groups excluding carboxylic acids is 1. The highest BCUT2D eigenvalue weighted by atomic mass is 16.5. The van der Waals surface area contributed by atoms with Gasteiger partial charge in [-0.25, -0.2) is 0 Å². The molecule has 0 N–H and O–H groups in total. The summed E-state index contributed by atoms with van der Waals surface area (Å²) < 4.78 is 10.9. The molecule has 0 radical (unpaired) electrons. The predicted molar refractivity (Wildman–Crippen MR) is 179 cm³/mol. The Bertz CT molecular complexity index is 2030. The average molecular weight is 577 g/mol. The molecule has 4 nitrogen and oxygen atoms in total. The molecule has 2 aliphatic rings. The van der Waals surface area contributed by atoms with E-state index >= 15 is 0 Å². The van der Waals surface area contributed by atoms with E-state index in [0.717, 1.165) is 24.2 Å². The molecule has 2 heterocycles. The molecule has 2 atom stereocenters. The lowest BCUT2D eigenvalue weighted by Crippen LogP contribution is -2.23. The fraction of sp³-hybridized carbons (Fsp3) is 0.175. The molecule has 0 saturated carbocycles. The third kappa shape index (κ3) is 4.32. The van der Waals surface area contributed by atoms with E-state index in [4.69, 9.17) is 4.74 Å². The zero-order chi connectivity index (χ0) is 30.5. The molecule has 3 aromatic carbocycles. The van der Waals surface area contributed by atoms with E-state index in [1.165, 1.54) is 61.9 Å². The summed E-state index contributed by atoms with van der Waals surface area (Å²) >= 11 is 0. The number of allylic oxidation sites excluding steroid dienone is 3. The third-order valence-corrected chi connectivity index (χ3v) is 9.35. The Kier molecular flexibility index (Phi) is 6.85. The molecule has 44 heavy (non-hydrogen) atoms. The van der Waals surface area contributed by atoms with Crippen molar-refractivity contribution >= 4 is 22.8 Å². The number of ether oxygens (including phenoxy) is 1. The average Bonchev–Trinajstić information content (AvgIpc) is 3.51. The number of rotatable bonds is 8. The minimum atomic E-state index is -0.0163. The Balaban J connectivity index is 1.56. The molecule has 0 spiro atoms. The van der Waals surface area contributed by atoms with Crippen LogP contribution in [0.15, 0.2) is 117 Å². The van der Waals surface area contributed by atoms with Gasteiger partial charge in [-0.1, -0.05) is 86.5 Å². The minimum Gasteiger partial charge on any atom is -0.458 e. The van der Waals surface area contributed by atoms with Crippen LogP contribution in [-0.2, 0) is 31.7 Å². The van der Waals surface area contributed by atoms with E-state index in [2.05, 4.69) is 116 Å². The van der Waals surface area contributed by atoms with Gasteiger partial charge in [0.25, 0.3) is 0 Å². The number of hydrogen-bond acceptors (Lipinski definition) is 2. The van der Waals surface area contributed by atoms with Crippen LogP contribution in [0.2, 0.25) is 0 Å². The van der Waals surface area contributed by atoms with Gasteiger partial charge in [0, 0.05) is 48.5 Å². The van der Waals surface area contributed by atoms with Crippen molar-refractivity contribution in [1.29, 1.82) is 0 Å². The maximum atomic E-state index is 12.4. The number of aryl methyl sites for hydroxylation is 1. The van der Waals surface area contributed by atoms with Crippen LogP contribution < -0.4 is 4.74 Å². The number of benzene rings is 3. The molecule has 4 heteroatoms. The molecule has 0 saturated heterocycles. The van der Waals surface area contributed by atoms with Gasteiger partial charge in [0.05, 0.1) is 11.8 Å². The van der Waals surface area contributed by atoms with Crippen LogP contribution >= 0.6 is 0 Å². The van der Waals surface area contributed by atoms with Crippen molar-refractivity contribution in [1.82, 2.24) is 9.13 Å². The van der Waals surface area contributed by atoms with Gasteiger partial charge in [0.2, 0.25) is 0 Å². The van der Waals surface area contributed by atoms with E-state index in [9.17, 15) is 4.79 Å². The summed E-state index contributed by atoms with van der Waals surface area (Å²) in [7, 11) is 4.43. The maximum absolute atomic E-state index is 12.4. The van der Waals surface area contributed by atoms with Gasteiger partial charge in [-0.2, -0.15) is 0 Å². The zero-order valence-corrected chi connectivity index (χ0v) is 25.3. The second kappa shape index (κ2) is 10.9. The molecule has 2 aromatic heterocycles. The van der Waals surface area contributed by atoms with E-state index in [1.54, 1.807) is 6.08 Å². The van der Waals surface area contributed by atoms with Crippen LogP contribution in [-0.4, -0.2) is 14.9 Å². The predicted octanol–water partition coefficient (Wildman–Crippen LogP) is 8.53. The lowest BCUT2D eigenvalue weighted by Gasteiger charge is -2.33. The van der Waals surface area contributed by atoms with Gasteiger partial charge in [-0.15, -0.1) is 0 Å². The number of ketones is 1. The lowest BCUT2D eigenvalue weighted by atomic mass is 9.71. The minimum absolute atomic E-state index is 0.00916. The fourth-order valence-corrected chi connectivity index (χ4v) is 7.49. The zero-order valence-electron chi connectivity index (χ0n) is 25.3. The first-order chi connectivity index (χ1) is 21.4. The van der Waals surface area contributed by atoms with E-state index < -0.39 is 0 Å². The molecular formula is C40H36N2O2. The van der Waals surface area contributed by atoms with Crippen molar-refractivity contribution in [3.8, 4) is 5.75 Å². The molecule has 0 aliphatic heterocycles. The second-order valence-electron chi connectivity index (χ2n) is 11.8.